The van der Waals surface area contributed by atoms with Crippen LogP contribution in [0.5, 0.6) is 0 Å². The highest BCUT2D eigenvalue weighted by molar-refractivity contribution is 6.09. The Morgan fingerprint density at radius 1 is 1.23 bits per heavy atom. The lowest BCUT2D eigenvalue weighted by molar-refractivity contribution is 0.0602. The number of methoxy groups -OCH3 is 1. The Morgan fingerprint density at radius 3 is 2.69 bits per heavy atom. The van der Waals surface area contributed by atoms with Gasteiger partial charge >= 0.3 is 12.0 Å². The minimum atomic E-state index is -0.494. The number of aromatic nitrogens is 2. The van der Waals surface area contributed by atoms with Crippen LogP contribution < -0.4 is 16.0 Å². The van der Waals surface area contributed by atoms with E-state index in [9.17, 15) is 9.59 Å². The van der Waals surface area contributed by atoms with Crippen LogP contribution in [0.3, 0.4) is 0 Å². The van der Waals surface area contributed by atoms with Crippen molar-refractivity contribution in [2.24, 2.45) is 4.99 Å². The number of nitrogens with zero attached hydrogens (tertiary/aromatic N) is 3. The van der Waals surface area contributed by atoms with E-state index in [0.29, 0.717) is 24.3 Å². The third-order valence-corrected chi connectivity index (χ3v) is 3.74. The number of aliphatic imine (C=N–C) groups is 1. The number of fused-ring (bicyclic) bond motifs is 1. The van der Waals surface area contributed by atoms with Crippen LogP contribution in [0.1, 0.15) is 22.8 Å². The van der Waals surface area contributed by atoms with Gasteiger partial charge in [-0.15, -0.1) is 0 Å². The average molecular weight is 354 g/mol. The Labute approximate surface area is 149 Å². The lowest BCUT2D eigenvalue weighted by atomic mass is 9.98. The summed E-state index contributed by atoms with van der Waals surface area (Å²) in [6, 6.07) is 3.23. The maximum Gasteiger partial charge on any atom is 0.340 e. The molecule has 1 aromatic heterocycles. The molecule has 1 aliphatic rings. The molecule has 0 aliphatic carbocycles. The molecule has 9 nitrogen and oxygen atoms in total. The van der Waals surface area contributed by atoms with Crippen molar-refractivity contribution >= 4 is 23.6 Å². The Kier molecular flexibility index (Phi) is 5.07. The first-order chi connectivity index (χ1) is 12.6. The van der Waals surface area contributed by atoms with Crippen LogP contribution in [-0.4, -0.2) is 41.6 Å². The predicted molar refractivity (Wildman–Crippen MR) is 95.8 cm³/mol. The van der Waals surface area contributed by atoms with Crippen molar-refractivity contribution < 1.29 is 14.3 Å². The van der Waals surface area contributed by atoms with Gasteiger partial charge in [0.2, 0.25) is 5.96 Å². The van der Waals surface area contributed by atoms with E-state index in [0.717, 1.165) is 16.7 Å². The maximum absolute atomic E-state index is 12.3. The summed E-state index contributed by atoms with van der Waals surface area (Å²) in [7, 11) is 1.32. The molecule has 0 atom stereocenters. The molecule has 2 heterocycles. The van der Waals surface area contributed by atoms with Gasteiger partial charge in [-0.05, 0) is 30.2 Å². The second-order valence-corrected chi connectivity index (χ2v) is 5.45. The van der Waals surface area contributed by atoms with Crippen molar-refractivity contribution in [2.45, 2.75) is 13.5 Å². The van der Waals surface area contributed by atoms with Gasteiger partial charge in [-0.2, -0.15) is 0 Å². The Hall–Kier alpha value is -3.49. The average Bonchev–Trinajstić information content (AvgIpc) is 2.67. The molecule has 2 amide bonds. The molecule has 2 aromatic rings. The fourth-order valence-electron chi connectivity index (χ4n) is 2.57. The van der Waals surface area contributed by atoms with Crippen LogP contribution in [0.15, 0.2) is 35.8 Å². The van der Waals surface area contributed by atoms with Gasteiger partial charge in [0.15, 0.2) is 0 Å². The zero-order valence-corrected chi connectivity index (χ0v) is 14.4. The van der Waals surface area contributed by atoms with Crippen molar-refractivity contribution in [2.75, 3.05) is 19.0 Å². The summed E-state index contributed by atoms with van der Waals surface area (Å²) in [4.78, 5) is 36.3. The second-order valence-electron chi connectivity index (χ2n) is 5.45. The topological polar surface area (TPSA) is 118 Å². The molecular formula is C17H18N6O3. The van der Waals surface area contributed by atoms with Crippen LogP contribution >= 0.6 is 0 Å². The van der Waals surface area contributed by atoms with E-state index >= 15 is 0 Å². The third-order valence-electron chi connectivity index (χ3n) is 3.74. The first-order valence-corrected chi connectivity index (χ1v) is 7.99. The number of carbonyl (C=O) groups is 2. The van der Waals surface area contributed by atoms with Crippen molar-refractivity contribution in [3.8, 4) is 11.1 Å². The number of carbonyl (C=O) groups excluding carboxylic acids is 2. The molecule has 0 bridgehead atoms. The number of urea groups is 1. The molecule has 0 fully saturated rings. The molecule has 0 saturated carbocycles. The van der Waals surface area contributed by atoms with Crippen molar-refractivity contribution in [1.82, 2.24) is 20.6 Å². The lowest BCUT2D eigenvalue weighted by Crippen LogP contribution is -2.43. The zero-order chi connectivity index (χ0) is 18.5. The summed E-state index contributed by atoms with van der Waals surface area (Å²) in [5, 5.41) is 8.22. The van der Waals surface area contributed by atoms with E-state index in [1.807, 2.05) is 13.0 Å². The van der Waals surface area contributed by atoms with Gasteiger partial charge in [0, 0.05) is 24.5 Å². The maximum atomic E-state index is 12.3. The summed E-state index contributed by atoms with van der Waals surface area (Å²) in [5.74, 6) is -0.226. The molecule has 26 heavy (non-hydrogen) atoms. The first-order valence-electron chi connectivity index (χ1n) is 7.99. The summed E-state index contributed by atoms with van der Waals surface area (Å²) in [5.41, 5.74) is 3.25. The Morgan fingerprint density at radius 2 is 2.00 bits per heavy atom. The van der Waals surface area contributed by atoms with E-state index in [2.05, 4.69) is 30.9 Å². The van der Waals surface area contributed by atoms with Crippen LogP contribution in [0, 0.1) is 0 Å². The van der Waals surface area contributed by atoms with Crippen LogP contribution in [-0.2, 0) is 11.3 Å². The highest BCUT2D eigenvalue weighted by Crippen LogP contribution is 2.31. The van der Waals surface area contributed by atoms with Gasteiger partial charge in [-0.3, -0.25) is 5.32 Å². The number of nitrogens with one attached hydrogen (secondary N) is 3. The molecule has 1 aromatic carbocycles. The number of benzene rings is 1. The van der Waals surface area contributed by atoms with E-state index in [4.69, 9.17) is 4.74 Å². The van der Waals surface area contributed by atoms with Gasteiger partial charge in [0.05, 0.1) is 24.9 Å². The quantitative estimate of drug-likeness (QED) is 0.720. The SMILES string of the molecule is CCNC(=O)NC1=NCc2cc(-c3cncnc3)cc(C(=O)OC)c2N1. The molecule has 0 radical (unpaired) electrons. The van der Waals surface area contributed by atoms with E-state index in [1.165, 1.54) is 13.4 Å². The van der Waals surface area contributed by atoms with Crippen molar-refractivity contribution in [3.63, 3.8) is 0 Å². The fourth-order valence-corrected chi connectivity index (χ4v) is 2.57. The van der Waals surface area contributed by atoms with Gasteiger partial charge < -0.3 is 15.4 Å². The van der Waals surface area contributed by atoms with Crippen molar-refractivity contribution in [3.05, 3.63) is 42.0 Å². The van der Waals surface area contributed by atoms with Gasteiger partial charge in [0.1, 0.15) is 6.33 Å². The number of hydrogen-bond acceptors (Lipinski definition) is 7. The lowest BCUT2D eigenvalue weighted by Gasteiger charge is -2.22. The number of guanidine groups is 1. The number of anilines is 1. The minimum absolute atomic E-state index is 0.268. The highest BCUT2D eigenvalue weighted by Gasteiger charge is 2.22. The Balaban J connectivity index is 1.97. The first kappa shape index (κ1) is 17.3. The zero-order valence-electron chi connectivity index (χ0n) is 14.4. The van der Waals surface area contributed by atoms with Crippen LogP contribution in [0.4, 0.5) is 10.5 Å². The number of rotatable bonds is 3. The van der Waals surface area contributed by atoms with Gasteiger partial charge in [-0.1, -0.05) is 0 Å². The normalized spacial score (nSPS) is 12.3. The summed E-state index contributed by atoms with van der Waals surface area (Å²) >= 11 is 0. The highest BCUT2D eigenvalue weighted by atomic mass is 16.5. The molecule has 3 rings (SSSR count). The molecule has 9 heteroatoms. The van der Waals surface area contributed by atoms with E-state index in [1.54, 1.807) is 18.5 Å². The largest absolute Gasteiger partial charge is 0.465 e. The number of esters is 1. The standard InChI is InChI=1S/C17H18N6O3/c1-3-20-17(25)23-16-21-8-11-4-10(12-6-18-9-19-7-12)5-13(14(11)22-16)15(24)26-2/h4-7,9H,3,8H2,1-2H3,(H3,20,21,22,23,25). The number of ether oxygens (including phenoxy) is 1. The van der Waals surface area contributed by atoms with Gasteiger partial charge in [-0.25, -0.2) is 24.5 Å². The van der Waals surface area contributed by atoms with E-state index in [-0.39, 0.29) is 12.0 Å². The molecular weight excluding hydrogens is 336 g/mol. The van der Waals surface area contributed by atoms with Crippen LogP contribution in [0.2, 0.25) is 0 Å². The van der Waals surface area contributed by atoms with Crippen LogP contribution in [0.25, 0.3) is 11.1 Å². The minimum Gasteiger partial charge on any atom is -0.465 e. The predicted octanol–water partition coefficient (Wildman–Crippen LogP) is 1.53. The monoisotopic (exact) mass is 354 g/mol. The Bertz CT molecular complexity index is 866. The molecule has 0 unspecified atom stereocenters. The summed E-state index contributed by atoms with van der Waals surface area (Å²) in [6.07, 6.45) is 4.77. The molecule has 0 spiro atoms. The second kappa shape index (κ2) is 7.60. The molecule has 0 saturated heterocycles. The molecule has 134 valence electrons. The number of amides is 2. The number of hydrogen-bond donors (Lipinski definition) is 3. The van der Waals surface area contributed by atoms with Crippen molar-refractivity contribution in [1.29, 1.82) is 0 Å². The smallest absolute Gasteiger partial charge is 0.340 e. The summed E-state index contributed by atoms with van der Waals surface area (Å²) in [6.45, 7) is 2.61. The summed E-state index contributed by atoms with van der Waals surface area (Å²) < 4.78 is 4.90. The molecule has 3 N–H and O–H groups in total. The third kappa shape index (κ3) is 3.61. The van der Waals surface area contributed by atoms with E-state index < -0.39 is 5.97 Å². The van der Waals surface area contributed by atoms with Gasteiger partial charge in [0.25, 0.3) is 0 Å². The molecule has 1 aliphatic heterocycles. The fraction of sp³-hybridized carbons (Fsp3) is 0.235.